The van der Waals surface area contributed by atoms with Crippen LogP contribution in [0.15, 0.2) is 48.5 Å². The molecular weight excluding hydrogens is 349 g/mol. The molecule has 2 aromatic rings. The molecule has 1 heterocycles. The molecule has 0 spiro atoms. The van der Waals surface area contributed by atoms with Crippen LogP contribution in [-0.4, -0.2) is 43.1 Å². The molecule has 0 aliphatic carbocycles. The van der Waals surface area contributed by atoms with Crippen LogP contribution in [0.4, 0.5) is 14.9 Å². The molecule has 1 aliphatic rings. The molecule has 0 aromatic heterocycles. The van der Waals surface area contributed by atoms with Gasteiger partial charge in [0.15, 0.2) is 0 Å². The van der Waals surface area contributed by atoms with Gasteiger partial charge in [-0.25, -0.2) is 9.18 Å². The Hall–Kier alpha value is -3.09. The van der Waals surface area contributed by atoms with E-state index in [0.29, 0.717) is 42.9 Å². The summed E-state index contributed by atoms with van der Waals surface area (Å²) in [6.07, 6.45) is 1.39. The van der Waals surface area contributed by atoms with Gasteiger partial charge in [-0.1, -0.05) is 6.07 Å². The molecule has 1 fully saturated rings. The van der Waals surface area contributed by atoms with Crippen LogP contribution in [-0.2, 0) is 0 Å². The first-order chi connectivity index (χ1) is 13.0. The highest BCUT2D eigenvalue weighted by atomic mass is 19.1. The van der Waals surface area contributed by atoms with E-state index in [1.165, 1.54) is 12.1 Å². The van der Waals surface area contributed by atoms with Crippen molar-refractivity contribution in [1.29, 1.82) is 0 Å². The van der Waals surface area contributed by atoms with Crippen LogP contribution in [0.2, 0.25) is 0 Å². The fourth-order valence-electron chi connectivity index (χ4n) is 2.97. The van der Waals surface area contributed by atoms with Crippen molar-refractivity contribution in [2.45, 2.75) is 18.9 Å². The number of benzene rings is 2. The zero-order valence-electron chi connectivity index (χ0n) is 15.1. The number of piperidine rings is 1. The van der Waals surface area contributed by atoms with Gasteiger partial charge in [-0.15, -0.1) is 0 Å². The fraction of sp³-hybridized carbons (Fsp3) is 0.300. The van der Waals surface area contributed by atoms with Crippen molar-refractivity contribution in [2.75, 3.05) is 25.5 Å². The van der Waals surface area contributed by atoms with Crippen molar-refractivity contribution in [3.05, 3.63) is 59.9 Å². The molecule has 1 saturated heterocycles. The van der Waals surface area contributed by atoms with Crippen LogP contribution >= 0.6 is 0 Å². The maximum absolute atomic E-state index is 12.9. The SMILES string of the molecule is CNC(=O)c1cccc(NC(=O)N2CCC(Oc3ccc(F)cc3)CC2)c1. The Morgan fingerprint density at radius 3 is 2.48 bits per heavy atom. The summed E-state index contributed by atoms with van der Waals surface area (Å²) in [6, 6.07) is 12.5. The second kappa shape index (κ2) is 8.53. The Morgan fingerprint density at radius 1 is 1.11 bits per heavy atom. The Bertz CT molecular complexity index is 802. The van der Waals surface area contributed by atoms with Crippen molar-refractivity contribution < 1.29 is 18.7 Å². The average molecular weight is 371 g/mol. The van der Waals surface area contributed by atoms with Crippen LogP contribution in [0.3, 0.4) is 0 Å². The van der Waals surface area contributed by atoms with Crippen LogP contribution < -0.4 is 15.4 Å². The molecule has 3 amide bonds. The highest BCUT2D eigenvalue weighted by Crippen LogP contribution is 2.20. The third kappa shape index (κ3) is 4.97. The minimum Gasteiger partial charge on any atom is -0.490 e. The summed E-state index contributed by atoms with van der Waals surface area (Å²) < 4.78 is 18.8. The standard InChI is InChI=1S/C20H22FN3O3/c1-22-19(25)14-3-2-4-16(13-14)23-20(26)24-11-9-18(10-12-24)27-17-7-5-15(21)6-8-17/h2-8,13,18H,9-12H2,1H3,(H,22,25)(H,23,26). The monoisotopic (exact) mass is 371 g/mol. The summed E-state index contributed by atoms with van der Waals surface area (Å²) in [4.78, 5) is 25.9. The Morgan fingerprint density at radius 2 is 1.81 bits per heavy atom. The van der Waals surface area contributed by atoms with Gasteiger partial charge in [0.25, 0.3) is 5.91 Å². The van der Waals surface area contributed by atoms with Crippen molar-refractivity contribution >= 4 is 17.6 Å². The number of amides is 3. The van der Waals surface area contributed by atoms with Crippen molar-refractivity contribution in [2.24, 2.45) is 0 Å². The third-order valence-corrected chi connectivity index (χ3v) is 4.45. The summed E-state index contributed by atoms with van der Waals surface area (Å²) in [5.74, 6) is 0.129. The van der Waals surface area contributed by atoms with Gasteiger partial charge in [-0.05, 0) is 42.5 Å². The second-order valence-electron chi connectivity index (χ2n) is 6.35. The lowest BCUT2D eigenvalue weighted by Gasteiger charge is -2.32. The van der Waals surface area contributed by atoms with Gasteiger partial charge in [-0.2, -0.15) is 0 Å². The number of carbonyl (C=O) groups is 2. The van der Waals surface area contributed by atoms with E-state index in [1.807, 2.05) is 0 Å². The lowest BCUT2D eigenvalue weighted by Crippen LogP contribution is -2.43. The quantitative estimate of drug-likeness (QED) is 0.867. The Labute approximate surface area is 157 Å². The predicted molar refractivity (Wildman–Crippen MR) is 100 cm³/mol. The van der Waals surface area contributed by atoms with E-state index in [2.05, 4.69) is 10.6 Å². The molecule has 6 nitrogen and oxygen atoms in total. The maximum Gasteiger partial charge on any atom is 0.321 e. The van der Waals surface area contributed by atoms with E-state index >= 15 is 0 Å². The normalized spacial score (nSPS) is 14.5. The third-order valence-electron chi connectivity index (χ3n) is 4.45. The van der Waals surface area contributed by atoms with Crippen LogP contribution in [0.5, 0.6) is 5.75 Å². The van der Waals surface area contributed by atoms with Gasteiger partial charge in [-0.3, -0.25) is 4.79 Å². The van der Waals surface area contributed by atoms with Crippen molar-refractivity contribution in [1.82, 2.24) is 10.2 Å². The van der Waals surface area contributed by atoms with E-state index < -0.39 is 0 Å². The van der Waals surface area contributed by atoms with Crippen LogP contribution in [0.25, 0.3) is 0 Å². The molecule has 2 aromatic carbocycles. The maximum atomic E-state index is 12.9. The number of anilines is 1. The van der Waals surface area contributed by atoms with Crippen LogP contribution in [0.1, 0.15) is 23.2 Å². The molecule has 1 aliphatic heterocycles. The highest BCUT2D eigenvalue weighted by molar-refractivity contribution is 5.96. The summed E-state index contributed by atoms with van der Waals surface area (Å²) >= 11 is 0. The number of nitrogens with one attached hydrogen (secondary N) is 2. The average Bonchev–Trinajstić information content (AvgIpc) is 2.70. The number of nitrogens with zero attached hydrogens (tertiary/aromatic N) is 1. The number of urea groups is 1. The molecule has 0 saturated carbocycles. The molecule has 0 atom stereocenters. The largest absolute Gasteiger partial charge is 0.490 e. The zero-order chi connectivity index (χ0) is 19.2. The predicted octanol–water partition coefficient (Wildman–Crippen LogP) is 3.26. The lowest BCUT2D eigenvalue weighted by atomic mass is 10.1. The number of halogens is 1. The molecule has 0 bridgehead atoms. The zero-order valence-corrected chi connectivity index (χ0v) is 15.1. The highest BCUT2D eigenvalue weighted by Gasteiger charge is 2.24. The number of rotatable bonds is 4. The molecule has 2 N–H and O–H groups in total. The summed E-state index contributed by atoms with van der Waals surface area (Å²) in [5.41, 5.74) is 1.06. The molecule has 0 radical (unpaired) electrons. The number of carbonyl (C=O) groups excluding carboxylic acids is 2. The molecule has 142 valence electrons. The first-order valence-electron chi connectivity index (χ1n) is 8.85. The van der Waals surface area contributed by atoms with E-state index in [4.69, 9.17) is 4.74 Å². The fourth-order valence-corrected chi connectivity index (χ4v) is 2.97. The second-order valence-corrected chi connectivity index (χ2v) is 6.35. The van der Waals surface area contributed by atoms with E-state index in [9.17, 15) is 14.0 Å². The molecule has 27 heavy (non-hydrogen) atoms. The minimum absolute atomic E-state index is 0.00362. The lowest BCUT2D eigenvalue weighted by molar-refractivity contribution is 0.0963. The molecule has 3 rings (SSSR count). The van der Waals surface area contributed by atoms with E-state index in [-0.39, 0.29) is 23.9 Å². The van der Waals surface area contributed by atoms with Crippen molar-refractivity contribution in [3.63, 3.8) is 0 Å². The smallest absolute Gasteiger partial charge is 0.321 e. The Kier molecular flexibility index (Phi) is 5.90. The van der Waals surface area contributed by atoms with Crippen LogP contribution in [0, 0.1) is 5.82 Å². The first-order valence-corrected chi connectivity index (χ1v) is 8.85. The van der Waals surface area contributed by atoms with Crippen molar-refractivity contribution in [3.8, 4) is 5.75 Å². The van der Waals surface area contributed by atoms with Gasteiger partial charge in [0, 0.05) is 44.2 Å². The summed E-state index contributed by atoms with van der Waals surface area (Å²) in [7, 11) is 1.56. The molecule has 7 heteroatoms. The van der Waals surface area contributed by atoms with Gasteiger partial charge < -0.3 is 20.3 Å². The van der Waals surface area contributed by atoms with Gasteiger partial charge in [0.1, 0.15) is 17.7 Å². The van der Waals surface area contributed by atoms with Gasteiger partial charge in [0.05, 0.1) is 0 Å². The number of likely N-dealkylation sites (tertiary alicyclic amines) is 1. The van der Waals surface area contributed by atoms with Gasteiger partial charge >= 0.3 is 6.03 Å². The number of hydrogen-bond acceptors (Lipinski definition) is 3. The summed E-state index contributed by atoms with van der Waals surface area (Å²) in [5, 5.41) is 5.38. The van der Waals surface area contributed by atoms with Gasteiger partial charge in [0.2, 0.25) is 0 Å². The first kappa shape index (κ1) is 18.7. The van der Waals surface area contributed by atoms with E-state index in [1.54, 1.807) is 48.3 Å². The topological polar surface area (TPSA) is 70.7 Å². The number of ether oxygens (including phenoxy) is 1. The Balaban J connectivity index is 1.51. The minimum atomic E-state index is -0.297. The molecular formula is C20H22FN3O3. The van der Waals surface area contributed by atoms with E-state index in [0.717, 1.165) is 0 Å². The number of hydrogen-bond donors (Lipinski definition) is 2. The molecule has 0 unspecified atom stereocenters. The summed E-state index contributed by atoms with van der Waals surface area (Å²) in [6.45, 7) is 1.12.